The second-order valence-electron chi connectivity index (χ2n) is 5.83. The molecule has 120 valence electrons. The van der Waals surface area contributed by atoms with Crippen LogP contribution in [0.5, 0.6) is 0 Å². The molecule has 1 aliphatic carbocycles. The van der Waals surface area contributed by atoms with Crippen molar-refractivity contribution >= 4 is 45.4 Å². The van der Waals surface area contributed by atoms with Gasteiger partial charge >= 0.3 is 0 Å². The molecule has 3 aromatic rings. The van der Waals surface area contributed by atoms with Crippen LogP contribution in [0.15, 0.2) is 36.0 Å². The first-order valence-corrected chi connectivity index (χ1v) is 8.65. The lowest BCUT2D eigenvalue weighted by Gasteiger charge is -2.03. The monoisotopic (exact) mass is 336 g/mol. The maximum Gasteiger partial charge on any atom is 0.251 e. The molecular formula is C18H16N4OS. The van der Waals surface area contributed by atoms with Crippen molar-refractivity contribution in [3.8, 4) is 0 Å². The Morgan fingerprint density at radius 2 is 2.17 bits per heavy atom. The van der Waals surface area contributed by atoms with Crippen molar-refractivity contribution in [2.75, 3.05) is 5.73 Å². The summed E-state index contributed by atoms with van der Waals surface area (Å²) in [5.74, 6) is 0.498. The zero-order chi connectivity index (χ0) is 16.5. The summed E-state index contributed by atoms with van der Waals surface area (Å²) in [7, 11) is 0. The number of carbonyl (C=O) groups excluding carboxylic acids is 1. The third kappa shape index (κ3) is 3.00. The van der Waals surface area contributed by atoms with E-state index in [-0.39, 0.29) is 5.91 Å². The molecule has 1 aromatic carbocycles. The quantitative estimate of drug-likeness (QED) is 0.766. The van der Waals surface area contributed by atoms with Gasteiger partial charge in [0.05, 0.1) is 10.2 Å². The van der Waals surface area contributed by atoms with Gasteiger partial charge in [-0.2, -0.15) is 0 Å². The van der Waals surface area contributed by atoms with Gasteiger partial charge in [0.15, 0.2) is 0 Å². The Morgan fingerprint density at radius 1 is 1.29 bits per heavy atom. The molecule has 0 aliphatic heterocycles. The van der Waals surface area contributed by atoms with Crippen molar-refractivity contribution in [1.82, 2.24) is 15.3 Å². The topological polar surface area (TPSA) is 80.9 Å². The molecule has 0 spiro atoms. The first-order chi connectivity index (χ1) is 11.7. The maximum absolute atomic E-state index is 12.1. The summed E-state index contributed by atoms with van der Waals surface area (Å²) in [6.07, 6.45) is 7.62. The standard InChI is InChI=1S/C18H16N4OS/c19-17-16-15(20-10-21-17)13(9-24-16)5-4-11-2-1-3-12(8-11)18(23)22-14-6-7-14/h1-5,8-10,14H,6-7H2,(H,22,23)(H2,19,20,21)/b5-4+. The van der Waals surface area contributed by atoms with Crippen LogP contribution < -0.4 is 11.1 Å². The molecule has 24 heavy (non-hydrogen) atoms. The number of hydrogen-bond donors (Lipinski definition) is 2. The van der Waals surface area contributed by atoms with Gasteiger partial charge in [0.1, 0.15) is 12.1 Å². The fourth-order valence-electron chi connectivity index (χ4n) is 2.47. The lowest BCUT2D eigenvalue weighted by Crippen LogP contribution is -2.25. The zero-order valence-corrected chi connectivity index (χ0v) is 13.7. The Morgan fingerprint density at radius 3 is 3.00 bits per heavy atom. The molecular weight excluding hydrogens is 320 g/mol. The summed E-state index contributed by atoms with van der Waals surface area (Å²) < 4.78 is 0.898. The smallest absolute Gasteiger partial charge is 0.251 e. The normalized spacial score (nSPS) is 14.3. The second-order valence-corrected chi connectivity index (χ2v) is 6.71. The van der Waals surface area contributed by atoms with Crippen molar-refractivity contribution in [3.63, 3.8) is 0 Å². The average molecular weight is 336 g/mol. The second kappa shape index (κ2) is 6.05. The van der Waals surface area contributed by atoms with Crippen molar-refractivity contribution in [3.05, 3.63) is 52.7 Å². The van der Waals surface area contributed by atoms with Gasteiger partial charge in [-0.15, -0.1) is 11.3 Å². The number of rotatable bonds is 4. The van der Waals surface area contributed by atoms with E-state index in [0.29, 0.717) is 17.4 Å². The summed E-state index contributed by atoms with van der Waals surface area (Å²) in [5.41, 5.74) is 9.37. The Hall–Kier alpha value is -2.73. The number of nitrogens with zero attached hydrogens (tertiary/aromatic N) is 2. The van der Waals surface area contributed by atoms with Crippen LogP contribution in [0.4, 0.5) is 5.82 Å². The van der Waals surface area contributed by atoms with Crippen LogP contribution in [0.25, 0.3) is 22.4 Å². The fraction of sp³-hybridized carbons (Fsp3) is 0.167. The highest BCUT2D eigenvalue weighted by Crippen LogP contribution is 2.28. The number of hydrogen-bond acceptors (Lipinski definition) is 5. The lowest BCUT2D eigenvalue weighted by molar-refractivity contribution is 0.0951. The van der Waals surface area contributed by atoms with Crippen LogP contribution in [0.3, 0.4) is 0 Å². The van der Waals surface area contributed by atoms with E-state index in [2.05, 4.69) is 15.3 Å². The Balaban J connectivity index is 1.58. The molecule has 2 aromatic heterocycles. The summed E-state index contributed by atoms with van der Waals surface area (Å²) in [6, 6.07) is 7.96. The van der Waals surface area contributed by atoms with Crippen molar-refractivity contribution in [2.45, 2.75) is 18.9 Å². The first-order valence-electron chi connectivity index (χ1n) is 7.77. The Bertz CT molecular complexity index is 943. The Kier molecular flexibility index (Phi) is 3.74. The van der Waals surface area contributed by atoms with Gasteiger partial charge in [0.2, 0.25) is 0 Å². The van der Waals surface area contributed by atoms with Crippen LogP contribution in [0, 0.1) is 0 Å². The number of carbonyl (C=O) groups is 1. The predicted molar refractivity (Wildman–Crippen MR) is 97.7 cm³/mol. The minimum absolute atomic E-state index is 0.00533. The number of benzene rings is 1. The van der Waals surface area contributed by atoms with Gasteiger partial charge < -0.3 is 11.1 Å². The SMILES string of the molecule is Nc1ncnc2c(/C=C/c3cccc(C(=O)NC4CC4)c3)csc12. The number of nitrogens with one attached hydrogen (secondary N) is 1. The molecule has 0 unspecified atom stereocenters. The molecule has 6 heteroatoms. The lowest BCUT2D eigenvalue weighted by atomic mass is 10.1. The van der Waals surface area contributed by atoms with Crippen LogP contribution in [0.2, 0.25) is 0 Å². The van der Waals surface area contributed by atoms with Crippen molar-refractivity contribution in [2.24, 2.45) is 0 Å². The van der Waals surface area contributed by atoms with E-state index >= 15 is 0 Å². The minimum Gasteiger partial charge on any atom is -0.382 e. The summed E-state index contributed by atoms with van der Waals surface area (Å²) >= 11 is 1.53. The van der Waals surface area contributed by atoms with Crippen LogP contribution in [-0.4, -0.2) is 21.9 Å². The highest BCUT2D eigenvalue weighted by atomic mass is 32.1. The van der Waals surface area contributed by atoms with E-state index in [0.717, 1.165) is 34.2 Å². The van der Waals surface area contributed by atoms with Crippen molar-refractivity contribution in [1.29, 1.82) is 0 Å². The molecule has 0 saturated heterocycles. The molecule has 0 atom stereocenters. The van der Waals surface area contributed by atoms with Gasteiger partial charge in [0, 0.05) is 22.5 Å². The van der Waals surface area contributed by atoms with Gasteiger partial charge in [-0.05, 0) is 30.5 Å². The summed E-state index contributed by atoms with van der Waals surface area (Å²) in [4.78, 5) is 20.4. The third-order valence-corrected chi connectivity index (χ3v) is 4.94. The number of nitrogens with two attached hydrogens (primary N) is 1. The largest absolute Gasteiger partial charge is 0.382 e. The van der Waals surface area contributed by atoms with Crippen molar-refractivity contribution < 1.29 is 4.79 Å². The van der Waals surface area contributed by atoms with E-state index in [1.165, 1.54) is 17.7 Å². The molecule has 4 rings (SSSR count). The van der Waals surface area contributed by atoms with Crippen LogP contribution in [-0.2, 0) is 0 Å². The summed E-state index contributed by atoms with van der Waals surface area (Å²) in [6.45, 7) is 0. The zero-order valence-electron chi connectivity index (χ0n) is 12.9. The number of aromatic nitrogens is 2. The van der Waals surface area contributed by atoms with Crippen LogP contribution >= 0.6 is 11.3 Å². The number of nitrogen functional groups attached to an aromatic ring is 1. The van der Waals surface area contributed by atoms with E-state index in [9.17, 15) is 4.79 Å². The highest BCUT2D eigenvalue weighted by Gasteiger charge is 2.23. The van der Waals surface area contributed by atoms with E-state index in [1.807, 2.05) is 41.8 Å². The molecule has 0 bridgehead atoms. The van der Waals surface area contributed by atoms with Gasteiger partial charge in [-0.1, -0.05) is 24.3 Å². The van der Waals surface area contributed by atoms with Gasteiger partial charge in [-0.3, -0.25) is 4.79 Å². The molecule has 1 amide bonds. The highest BCUT2D eigenvalue weighted by molar-refractivity contribution is 7.18. The summed E-state index contributed by atoms with van der Waals surface area (Å²) in [5, 5.41) is 5.02. The maximum atomic E-state index is 12.1. The molecule has 3 N–H and O–H groups in total. The van der Waals surface area contributed by atoms with Crippen LogP contribution in [0.1, 0.15) is 34.3 Å². The molecule has 1 aliphatic rings. The number of fused-ring (bicyclic) bond motifs is 1. The number of anilines is 1. The fourth-order valence-corrected chi connectivity index (χ4v) is 3.36. The molecule has 1 saturated carbocycles. The molecule has 1 fully saturated rings. The van der Waals surface area contributed by atoms with E-state index < -0.39 is 0 Å². The third-order valence-electron chi connectivity index (χ3n) is 3.93. The Labute approximate surface area is 143 Å². The first kappa shape index (κ1) is 14.8. The predicted octanol–water partition coefficient (Wildman–Crippen LogP) is 3.34. The van der Waals surface area contributed by atoms with Gasteiger partial charge in [-0.25, -0.2) is 9.97 Å². The van der Waals surface area contributed by atoms with Gasteiger partial charge in [0.25, 0.3) is 5.91 Å². The molecule has 0 radical (unpaired) electrons. The number of thiophene rings is 1. The average Bonchev–Trinajstić information content (AvgIpc) is 3.31. The van der Waals surface area contributed by atoms with E-state index in [1.54, 1.807) is 0 Å². The molecule has 2 heterocycles. The number of amides is 1. The molecule has 5 nitrogen and oxygen atoms in total. The minimum atomic E-state index is -0.00533. The van der Waals surface area contributed by atoms with E-state index in [4.69, 9.17) is 5.73 Å².